The highest BCUT2D eigenvalue weighted by molar-refractivity contribution is 5.86. The molecule has 6 nitrogen and oxygen atoms in total. The highest BCUT2D eigenvalue weighted by atomic mass is 19.3. The summed E-state index contributed by atoms with van der Waals surface area (Å²) in [5, 5.41) is 4.47. The molecule has 0 spiro atoms. The number of nitrogens with zero attached hydrogens (tertiary/aromatic N) is 4. The number of anilines is 2. The standard InChI is InChI=1S/C27H23F2N5O/c28-26(29)35-22-9-6-17(7-10-22)23-16-34(21-8-11-24-18(13-21)3-2-12-30-24)15-19-14-31-27(33-25(19)23)32-20-4-1-5-20/h2-3,6-14,16,20,26H,1,4-5,15H2,(H,31,32,33). The monoisotopic (exact) mass is 471 g/mol. The molecule has 0 saturated heterocycles. The van der Waals surface area contributed by atoms with Gasteiger partial charge in [-0.2, -0.15) is 8.78 Å². The lowest BCUT2D eigenvalue weighted by atomic mass is 9.93. The zero-order valence-corrected chi connectivity index (χ0v) is 18.9. The Bertz CT molecular complexity index is 1400. The van der Waals surface area contributed by atoms with Gasteiger partial charge in [0.05, 0.1) is 17.8 Å². The van der Waals surface area contributed by atoms with Crippen molar-refractivity contribution in [2.24, 2.45) is 0 Å². The van der Waals surface area contributed by atoms with E-state index in [0.717, 1.165) is 51.8 Å². The smallest absolute Gasteiger partial charge is 0.387 e. The van der Waals surface area contributed by atoms with Crippen LogP contribution in [0.4, 0.5) is 20.4 Å². The minimum atomic E-state index is -2.86. The highest BCUT2D eigenvalue weighted by Gasteiger charge is 2.24. The molecule has 1 aliphatic carbocycles. The van der Waals surface area contributed by atoms with Crippen molar-refractivity contribution in [3.8, 4) is 5.75 Å². The van der Waals surface area contributed by atoms with Gasteiger partial charge in [0.1, 0.15) is 5.75 Å². The molecule has 1 aliphatic heterocycles. The molecular formula is C27H23F2N5O. The molecule has 4 aromatic rings. The SMILES string of the molecule is FC(F)Oc1ccc(C2=CN(c3ccc4ncccc4c3)Cc3cnc(NC4CCC4)nc32)cc1. The summed E-state index contributed by atoms with van der Waals surface area (Å²) in [7, 11) is 0. The Kier molecular flexibility index (Phi) is 5.48. The minimum Gasteiger partial charge on any atom is -0.435 e. The predicted molar refractivity (Wildman–Crippen MR) is 131 cm³/mol. The van der Waals surface area contributed by atoms with E-state index >= 15 is 0 Å². The second kappa shape index (κ2) is 8.94. The van der Waals surface area contributed by atoms with E-state index in [1.54, 1.807) is 30.5 Å². The van der Waals surface area contributed by atoms with Gasteiger partial charge in [-0.05, 0) is 61.2 Å². The molecule has 1 fully saturated rings. The number of pyridine rings is 1. The Morgan fingerprint density at radius 2 is 1.89 bits per heavy atom. The van der Waals surface area contributed by atoms with E-state index in [4.69, 9.17) is 4.98 Å². The summed E-state index contributed by atoms with van der Waals surface area (Å²) in [6.45, 7) is -2.25. The molecular weight excluding hydrogens is 448 g/mol. The molecule has 0 bridgehead atoms. The topological polar surface area (TPSA) is 63.2 Å². The highest BCUT2D eigenvalue weighted by Crippen LogP contribution is 2.35. The van der Waals surface area contributed by atoms with Crippen LogP contribution >= 0.6 is 0 Å². The van der Waals surface area contributed by atoms with Gasteiger partial charge in [0.25, 0.3) is 0 Å². The molecule has 2 aromatic carbocycles. The Morgan fingerprint density at radius 3 is 2.66 bits per heavy atom. The van der Waals surface area contributed by atoms with Crippen molar-refractivity contribution in [3.63, 3.8) is 0 Å². The summed E-state index contributed by atoms with van der Waals surface area (Å²) in [4.78, 5) is 16.0. The third-order valence-corrected chi connectivity index (χ3v) is 6.49. The number of hydrogen-bond acceptors (Lipinski definition) is 6. The van der Waals surface area contributed by atoms with Gasteiger partial charge in [-0.25, -0.2) is 9.97 Å². The number of alkyl halides is 2. The number of ether oxygens (including phenoxy) is 1. The third-order valence-electron chi connectivity index (χ3n) is 6.49. The summed E-state index contributed by atoms with van der Waals surface area (Å²) < 4.78 is 29.8. The molecule has 176 valence electrons. The molecule has 35 heavy (non-hydrogen) atoms. The number of fused-ring (bicyclic) bond motifs is 2. The summed E-state index contributed by atoms with van der Waals surface area (Å²) in [6.07, 6.45) is 9.18. The van der Waals surface area contributed by atoms with Gasteiger partial charge in [-0.3, -0.25) is 4.98 Å². The van der Waals surface area contributed by atoms with Crippen LogP contribution in [0.25, 0.3) is 16.5 Å². The average molecular weight is 472 g/mol. The summed E-state index contributed by atoms with van der Waals surface area (Å²) in [5.74, 6) is 0.733. The normalized spacial score (nSPS) is 15.5. The van der Waals surface area contributed by atoms with Crippen LogP contribution in [0.1, 0.15) is 36.1 Å². The van der Waals surface area contributed by atoms with E-state index in [0.29, 0.717) is 18.5 Å². The van der Waals surface area contributed by atoms with Crippen molar-refractivity contribution >= 4 is 28.1 Å². The molecule has 0 amide bonds. The van der Waals surface area contributed by atoms with Crippen LogP contribution in [-0.4, -0.2) is 27.6 Å². The van der Waals surface area contributed by atoms with E-state index in [-0.39, 0.29) is 5.75 Å². The second-order valence-electron chi connectivity index (χ2n) is 8.79. The number of hydrogen-bond donors (Lipinski definition) is 1. The van der Waals surface area contributed by atoms with E-state index in [2.05, 4.69) is 37.2 Å². The molecule has 3 heterocycles. The van der Waals surface area contributed by atoms with Gasteiger partial charge >= 0.3 is 6.61 Å². The molecule has 1 saturated carbocycles. The lowest BCUT2D eigenvalue weighted by molar-refractivity contribution is -0.0498. The average Bonchev–Trinajstić information content (AvgIpc) is 2.85. The van der Waals surface area contributed by atoms with E-state index < -0.39 is 6.61 Å². The lowest BCUT2D eigenvalue weighted by Gasteiger charge is -2.30. The Balaban J connectivity index is 1.40. The quantitative estimate of drug-likeness (QED) is 0.372. The summed E-state index contributed by atoms with van der Waals surface area (Å²) >= 11 is 0. The van der Waals surface area contributed by atoms with Crippen LogP contribution in [0, 0.1) is 0 Å². The van der Waals surface area contributed by atoms with Crippen molar-refractivity contribution in [2.75, 3.05) is 10.2 Å². The van der Waals surface area contributed by atoms with Crippen LogP contribution in [0.15, 0.2) is 73.2 Å². The van der Waals surface area contributed by atoms with Crippen molar-refractivity contribution < 1.29 is 13.5 Å². The first-order valence-corrected chi connectivity index (χ1v) is 11.6. The maximum absolute atomic E-state index is 12.6. The van der Waals surface area contributed by atoms with Gasteiger partial charge in [-0.15, -0.1) is 0 Å². The van der Waals surface area contributed by atoms with Crippen LogP contribution < -0.4 is 15.0 Å². The van der Waals surface area contributed by atoms with Crippen LogP contribution in [0.3, 0.4) is 0 Å². The van der Waals surface area contributed by atoms with Crippen LogP contribution in [-0.2, 0) is 6.54 Å². The van der Waals surface area contributed by atoms with E-state index in [1.165, 1.54) is 6.42 Å². The molecule has 0 atom stereocenters. The van der Waals surface area contributed by atoms with Crippen molar-refractivity contribution in [1.82, 2.24) is 15.0 Å². The number of rotatable bonds is 6. The largest absolute Gasteiger partial charge is 0.435 e. The first-order chi connectivity index (χ1) is 17.1. The fourth-order valence-electron chi connectivity index (χ4n) is 4.44. The molecule has 8 heteroatoms. The first-order valence-electron chi connectivity index (χ1n) is 11.6. The lowest BCUT2D eigenvalue weighted by Crippen LogP contribution is -2.29. The van der Waals surface area contributed by atoms with Crippen LogP contribution in [0.2, 0.25) is 0 Å². The summed E-state index contributed by atoms with van der Waals surface area (Å²) in [5.41, 5.74) is 5.52. The van der Waals surface area contributed by atoms with Gasteiger partial charge in [0.2, 0.25) is 5.95 Å². The fraction of sp³-hybridized carbons (Fsp3) is 0.222. The Hall–Kier alpha value is -4.07. The number of halogens is 2. The minimum absolute atomic E-state index is 0.120. The van der Waals surface area contributed by atoms with Crippen LogP contribution in [0.5, 0.6) is 5.75 Å². The fourth-order valence-corrected chi connectivity index (χ4v) is 4.44. The van der Waals surface area contributed by atoms with E-state index in [9.17, 15) is 8.78 Å². The van der Waals surface area contributed by atoms with Gasteiger partial charge < -0.3 is 15.0 Å². The molecule has 2 aliphatic rings. The number of aromatic nitrogens is 3. The van der Waals surface area contributed by atoms with Gasteiger partial charge in [0.15, 0.2) is 0 Å². The maximum Gasteiger partial charge on any atom is 0.387 e. The third kappa shape index (κ3) is 4.39. The zero-order chi connectivity index (χ0) is 23.8. The Morgan fingerprint density at radius 1 is 1.03 bits per heavy atom. The predicted octanol–water partition coefficient (Wildman–Crippen LogP) is 6.00. The maximum atomic E-state index is 12.6. The Labute approximate surface area is 201 Å². The molecule has 0 unspecified atom stereocenters. The molecule has 0 radical (unpaired) electrons. The molecule has 6 rings (SSSR count). The van der Waals surface area contributed by atoms with Gasteiger partial charge in [0, 0.05) is 46.8 Å². The number of benzene rings is 2. The van der Waals surface area contributed by atoms with Crippen molar-refractivity contribution in [3.05, 3.63) is 90.0 Å². The second-order valence-corrected chi connectivity index (χ2v) is 8.79. The molecule has 1 N–H and O–H groups in total. The first kappa shape index (κ1) is 21.5. The van der Waals surface area contributed by atoms with Crippen molar-refractivity contribution in [1.29, 1.82) is 0 Å². The molecule has 2 aromatic heterocycles. The zero-order valence-electron chi connectivity index (χ0n) is 18.9. The van der Waals surface area contributed by atoms with Gasteiger partial charge in [-0.1, -0.05) is 18.2 Å². The number of nitrogens with one attached hydrogen (secondary N) is 1. The van der Waals surface area contributed by atoms with Crippen molar-refractivity contribution in [2.45, 2.75) is 38.5 Å². The van der Waals surface area contributed by atoms with E-state index in [1.807, 2.05) is 30.5 Å². The summed E-state index contributed by atoms with van der Waals surface area (Å²) in [6, 6.07) is 17.2.